The van der Waals surface area contributed by atoms with Gasteiger partial charge in [0.25, 0.3) is 0 Å². The first-order valence-corrected chi connectivity index (χ1v) is 5.50. The van der Waals surface area contributed by atoms with Crippen molar-refractivity contribution >= 4 is 5.57 Å². The summed E-state index contributed by atoms with van der Waals surface area (Å²) in [5, 5.41) is 0. The molecule has 1 aromatic rings. The number of hydrogen-bond acceptors (Lipinski definition) is 0. The Kier molecular flexibility index (Phi) is 6.82. The summed E-state index contributed by atoms with van der Waals surface area (Å²) in [4.78, 5) is 0. The molecule has 14 heavy (non-hydrogen) atoms. The Morgan fingerprint density at radius 1 is 1.14 bits per heavy atom. The van der Waals surface area contributed by atoms with Gasteiger partial charge in [-0.05, 0) is 37.0 Å². The van der Waals surface area contributed by atoms with Crippen molar-refractivity contribution in [3.8, 4) is 0 Å². The molecule has 0 nitrogen and oxygen atoms in total. The first-order valence-electron chi connectivity index (χ1n) is 5.50. The summed E-state index contributed by atoms with van der Waals surface area (Å²) in [5.74, 6) is 0. The molecule has 0 N–H and O–H groups in total. The molecule has 0 aliphatic rings. The summed E-state index contributed by atoms with van der Waals surface area (Å²) in [7, 11) is 0. The minimum Gasteiger partial charge on any atom is -0.0841 e. The molecule has 0 atom stereocenters. The zero-order valence-electron chi connectivity index (χ0n) is 10.1. The SMILES string of the molecule is C/C=C(\C)c1ccc(CC)cc1.CC. The summed E-state index contributed by atoms with van der Waals surface area (Å²) in [6.07, 6.45) is 3.26. The standard InChI is InChI=1S/C12H16.C2H6/c1-4-10(3)12-8-6-11(5-2)7-9-12;1-2/h4,6-9H,5H2,1-3H3;1-2H3/b10-4+;. The van der Waals surface area contributed by atoms with E-state index in [1.54, 1.807) is 0 Å². The predicted octanol–water partition coefficient (Wildman–Crippen LogP) is 4.70. The molecule has 0 bridgehead atoms. The molecule has 0 aliphatic carbocycles. The Balaban J connectivity index is 0.000000791. The van der Waals surface area contributed by atoms with Gasteiger partial charge in [-0.2, -0.15) is 0 Å². The van der Waals surface area contributed by atoms with Crippen LogP contribution in [-0.2, 0) is 6.42 Å². The zero-order valence-corrected chi connectivity index (χ0v) is 10.1. The summed E-state index contributed by atoms with van der Waals surface area (Å²) in [6.45, 7) is 10.4. The van der Waals surface area contributed by atoms with E-state index in [1.807, 2.05) is 13.8 Å². The fourth-order valence-corrected chi connectivity index (χ4v) is 1.17. The molecule has 0 spiro atoms. The normalized spacial score (nSPS) is 10.5. The molecule has 0 saturated carbocycles. The quantitative estimate of drug-likeness (QED) is 0.634. The van der Waals surface area contributed by atoms with Crippen molar-refractivity contribution in [1.82, 2.24) is 0 Å². The van der Waals surface area contributed by atoms with Crippen LogP contribution in [0.15, 0.2) is 30.3 Å². The van der Waals surface area contributed by atoms with Crippen LogP contribution in [0.2, 0.25) is 0 Å². The lowest BCUT2D eigenvalue weighted by Gasteiger charge is -2.01. The van der Waals surface area contributed by atoms with E-state index in [2.05, 4.69) is 51.1 Å². The molecule has 0 heterocycles. The van der Waals surface area contributed by atoms with Gasteiger partial charge in [0.05, 0.1) is 0 Å². The van der Waals surface area contributed by atoms with Gasteiger partial charge in [0, 0.05) is 0 Å². The van der Waals surface area contributed by atoms with E-state index in [0.717, 1.165) is 6.42 Å². The van der Waals surface area contributed by atoms with Crippen molar-refractivity contribution in [3.63, 3.8) is 0 Å². The molecule has 0 amide bonds. The maximum Gasteiger partial charge on any atom is -0.0230 e. The monoisotopic (exact) mass is 190 g/mol. The molecule has 1 rings (SSSR count). The maximum atomic E-state index is 2.20. The van der Waals surface area contributed by atoms with Crippen LogP contribution >= 0.6 is 0 Å². The van der Waals surface area contributed by atoms with E-state index in [-0.39, 0.29) is 0 Å². The molecule has 0 fully saturated rings. The Hall–Kier alpha value is -1.04. The molecular weight excluding hydrogens is 168 g/mol. The van der Waals surface area contributed by atoms with Gasteiger partial charge in [0.1, 0.15) is 0 Å². The van der Waals surface area contributed by atoms with Gasteiger partial charge in [-0.1, -0.05) is 51.1 Å². The number of allylic oxidation sites excluding steroid dienone is 2. The Bertz CT molecular complexity index is 265. The largest absolute Gasteiger partial charge is 0.0841 e. The lowest BCUT2D eigenvalue weighted by molar-refractivity contribution is 1.14. The molecule has 0 unspecified atom stereocenters. The number of aryl methyl sites for hydroxylation is 1. The lowest BCUT2D eigenvalue weighted by Crippen LogP contribution is -1.82. The summed E-state index contributed by atoms with van der Waals surface area (Å²) >= 11 is 0. The highest BCUT2D eigenvalue weighted by Gasteiger charge is 1.93. The molecular formula is C14H22. The zero-order chi connectivity index (χ0) is 11.0. The van der Waals surface area contributed by atoms with Gasteiger partial charge < -0.3 is 0 Å². The van der Waals surface area contributed by atoms with Crippen LogP contribution in [0, 0.1) is 0 Å². The summed E-state index contributed by atoms with van der Waals surface area (Å²) in [6, 6.07) is 8.77. The minimum absolute atomic E-state index is 1.12. The van der Waals surface area contributed by atoms with Crippen LogP contribution in [0.25, 0.3) is 5.57 Å². The molecule has 0 heteroatoms. The Morgan fingerprint density at radius 3 is 2.00 bits per heavy atom. The highest BCUT2D eigenvalue weighted by Crippen LogP contribution is 2.14. The van der Waals surface area contributed by atoms with Crippen LogP contribution < -0.4 is 0 Å². The van der Waals surface area contributed by atoms with Gasteiger partial charge in [-0.25, -0.2) is 0 Å². The van der Waals surface area contributed by atoms with Gasteiger partial charge in [0.15, 0.2) is 0 Å². The highest BCUT2D eigenvalue weighted by molar-refractivity contribution is 5.63. The molecule has 0 aromatic heterocycles. The van der Waals surface area contributed by atoms with Gasteiger partial charge in [-0.15, -0.1) is 0 Å². The van der Waals surface area contributed by atoms with Crippen LogP contribution in [-0.4, -0.2) is 0 Å². The fraction of sp³-hybridized carbons (Fsp3) is 0.429. The van der Waals surface area contributed by atoms with Crippen LogP contribution in [0.3, 0.4) is 0 Å². The van der Waals surface area contributed by atoms with Crippen molar-refractivity contribution in [2.24, 2.45) is 0 Å². The third-order valence-corrected chi connectivity index (χ3v) is 2.25. The molecule has 0 aliphatic heterocycles. The number of hydrogen-bond donors (Lipinski definition) is 0. The molecule has 0 saturated heterocycles. The summed E-state index contributed by atoms with van der Waals surface area (Å²) in [5.41, 5.74) is 4.08. The van der Waals surface area contributed by atoms with E-state index < -0.39 is 0 Å². The van der Waals surface area contributed by atoms with Crippen molar-refractivity contribution < 1.29 is 0 Å². The second kappa shape index (κ2) is 7.37. The molecule has 0 radical (unpaired) electrons. The van der Waals surface area contributed by atoms with Crippen LogP contribution in [0.4, 0.5) is 0 Å². The van der Waals surface area contributed by atoms with Gasteiger partial charge >= 0.3 is 0 Å². The van der Waals surface area contributed by atoms with E-state index in [0.29, 0.717) is 0 Å². The van der Waals surface area contributed by atoms with Gasteiger partial charge in [-0.3, -0.25) is 0 Å². The van der Waals surface area contributed by atoms with E-state index in [1.165, 1.54) is 16.7 Å². The molecule has 1 aromatic carbocycles. The average molecular weight is 190 g/mol. The number of benzene rings is 1. The van der Waals surface area contributed by atoms with Gasteiger partial charge in [0.2, 0.25) is 0 Å². The summed E-state index contributed by atoms with van der Waals surface area (Å²) < 4.78 is 0. The van der Waals surface area contributed by atoms with Crippen molar-refractivity contribution in [2.75, 3.05) is 0 Å². The maximum absolute atomic E-state index is 2.20. The van der Waals surface area contributed by atoms with E-state index in [9.17, 15) is 0 Å². The first-order chi connectivity index (χ1) is 6.77. The third kappa shape index (κ3) is 3.78. The first kappa shape index (κ1) is 13.0. The van der Waals surface area contributed by atoms with Crippen LogP contribution in [0.1, 0.15) is 45.7 Å². The third-order valence-electron chi connectivity index (χ3n) is 2.25. The lowest BCUT2D eigenvalue weighted by atomic mass is 10.0. The topological polar surface area (TPSA) is 0 Å². The second-order valence-electron chi connectivity index (χ2n) is 3.02. The fourth-order valence-electron chi connectivity index (χ4n) is 1.17. The van der Waals surface area contributed by atoms with Crippen LogP contribution in [0.5, 0.6) is 0 Å². The van der Waals surface area contributed by atoms with Crippen molar-refractivity contribution in [2.45, 2.75) is 41.0 Å². The predicted molar refractivity (Wildman–Crippen MR) is 66.5 cm³/mol. The van der Waals surface area contributed by atoms with Crippen molar-refractivity contribution in [3.05, 3.63) is 41.5 Å². The smallest absolute Gasteiger partial charge is 0.0230 e. The Morgan fingerprint density at radius 2 is 1.64 bits per heavy atom. The number of rotatable bonds is 2. The van der Waals surface area contributed by atoms with E-state index >= 15 is 0 Å². The minimum atomic E-state index is 1.12. The second-order valence-corrected chi connectivity index (χ2v) is 3.02. The van der Waals surface area contributed by atoms with Crippen molar-refractivity contribution in [1.29, 1.82) is 0 Å². The van der Waals surface area contributed by atoms with E-state index in [4.69, 9.17) is 0 Å². The Labute approximate surface area is 88.7 Å². The average Bonchev–Trinajstić information content (AvgIpc) is 2.31. The highest BCUT2D eigenvalue weighted by atomic mass is 14.0. The molecule has 78 valence electrons.